The molecule has 0 unspecified atom stereocenters. The summed E-state index contributed by atoms with van der Waals surface area (Å²) in [6.45, 7) is 1.64. The topological polar surface area (TPSA) is 55.4 Å². The van der Waals surface area contributed by atoms with Crippen molar-refractivity contribution < 1.29 is 14.3 Å². The number of ether oxygens (including phenoxy) is 1. The highest BCUT2D eigenvalue weighted by molar-refractivity contribution is 5.92. The average molecular weight is 295 g/mol. The van der Waals surface area contributed by atoms with E-state index in [0.717, 1.165) is 5.56 Å². The summed E-state index contributed by atoms with van der Waals surface area (Å²) < 4.78 is 5.16. The number of nitrogens with one attached hydrogen (secondary N) is 1. The zero-order chi connectivity index (χ0) is 15.8. The molecule has 0 aromatic heterocycles. The van der Waals surface area contributed by atoms with Gasteiger partial charge in [0.05, 0.1) is 5.56 Å². The summed E-state index contributed by atoms with van der Waals surface area (Å²) >= 11 is 0. The van der Waals surface area contributed by atoms with Crippen molar-refractivity contribution in [2.24, 2.45) is 0 Å². The molecular weight excluding hydrogens is 278 g/mol. The van der Waals surface area contributed by atoms with Crippen LogP contribution in [0, 0.1) is 0 Å². The summed E-state index contributed by atoms with van der Waals surface area (Å²) in [6.07, 6.45) is 3.69. The summed E-state index contributed by atoms with van der Waals surface area (Å²) in [4.78, 5) is 22.8. The zero-order valence-electron chi connectivity index (χ0n) is 12.3. The van der Waals surface area contributed by atoms with Gasteiger partial charge in [-0.1, -0.05) is 36.4 Å². The maximum Gasteiger partial charge on any atom is 0.338 e. The van der Waals surface area contributed by atoms with E-state index in [9.17, 15) is 9.59 Å². The molecule has 0 spiro atoms. The van der Waals surface area contributed by atoms with Crippen LogP contribution >= 0.6 is 0 Å². The third-order valence-electron chi connectivity index (χ3n) is 2.86. The van der Waals surface area contributed by atoms with Crippen molar-refractivity contribution in [2.45, 2.75) is 6.92 Å². The molecule has 4 nitrogen and oxygen atoms in total. The van der Waals surface area contributed by atoms with E-state index in [2.05, 4.69) is 5.32 Å². The van der Waals surface area contributed by atoms with E-state index < -0.39 is 5.97 Å². The number of hydrogen-bond donors (Lipinski definition) is 1. The van der Waals surface area contributed by atoms with E-state index in [1.54, 1.807) is 30.3 Å². The van der Waals surface area contributed by atoms with Gasteiger partial charge in [0.2, 0.25) is 5.91 Å². The standard InChI is InChI=1S/C18H17NO3/c1-14(20)19-17-11-9-16(10-12-17)18(21)22-13-5-8-15-6-3-2-4-7-15/h2-12H,13H2,1H3,(H,19,20)/b8-5+. The van der Waals surface area contributed by atoms with Crippen LogP contribution in [0.25, 0.3) is 6.08 Å². The number of hydrogen-bond acceptors (Lipinski definition) is 3. The molecule has 1 N–H and O–H groups in total. The third-order valence-corrected chi connectivity index (χ3v) is 2.86. The summed E-state index contributed by atoms with van der Waals surface area (Å²) in [5.41, 5.74) is 2.15. The molecule has 2 aromatic carbocycles. The highest BCUT2D eigenvalue weighted by Crippen LogP contribution is 2.10. The lowest BCUT2D eigenvalue weighted by Crippen LogP contribution is -2.07. The fourth-order valence-corrected chi connectivity index (χ4v) is 1.85. The number of esters is 1. The second-order valence-electron chi connectivity index (χ2n) is 4.67. The van der Waals surface area contributed by atoms with Crippen LogP contribution < -0.4 is 5.32 Å². The van der Waals surface area contributed by atoms with E-state index in [-0.39, 0.29) is 12.5 Å². The predicted octanol–water partition coefficient (Wildman–Crippen LogP) is 3.52. The Hall–Kier alpha value is -2.88. The van der Waals surface area contributed by atoms with E-state index in [1.807, 2.05) is 36.4 Å². The first-order valence-electron chi connectivity index (χ1n) is 6.91. The number of rotatable bonds is 5. The van der Waals surface area contributed by atoms with Crippen molar-refractivity contribution in [1.29, 1.82) is 0 Å². The van der Waals surface area contributed by atoms with Crippen LogP contribution in [0.3, 0.4) is 0 Å². The Morgan fingerprint density at radius 3 is 2.36 bits per heavy atom. The molecule has 0 saturated carbocycles. The van der Waals surface area contributed by atoms with Crippen LogP contribution in [0.15, 0.2) is 60.7 Å². The lowest BCUT2D eigenvalue weighted by Gasteiger charge is -2.04. The van der Waals surface area contributed by atoms with Crippen LogP contribution in [0.1, 0.15) is 22.8 Å². The summed E-state index contributed by atoms with van der Waals surface area (Å²) in [7, 11) is 0. The van der Waals surface area contributed by atoms with Crippen LogP contribution in [0.5, 0.6) is 0 Å². The summed E-state index contributed by atoms with van der Waals surface area (Å²) in [5, 5.41) is 2.64. The minimum absolute atomic E-state index is 0.152. The number of benzene rings is 2. The Morgan fingerprint density at radius 2 is 1.73 bits per heavy atom. The van der Waals surface area contributed by atoms with Gasteiger partial charge in [0.15, 0.2) is 0 Å². The van der Waals surface area contributed by atoms with Gasteiger partial charge in [-0.25, -0.2) is 4.79 Å². The Labute approximate surface area is 129 Å². The van der Waals surface area contributed by atoms with Crippen molar-refractivity contribution in [2.75, 3.05) is 11.9 Å². The van der Waals surface area contributed by atoms with Gasteiger partial charge < -0.3 is 10.1 Å². The molecule has 0 fully saturated rings. The van der Waals surface area contributed by atoms with E-state index in [0.29, 0.717) is 11.3 Å². The first-order valence-corrected chi connectivity index (χ1v) is 6.91. The van der Waals surface area contributed by atoms with Gasteiger partial charge in [0.25, 0.3) is 0 Å². The molecule has 0 heterocycles. The highest BCUT2D eigenvalue weighted by atomic mass is 16.5. The molecule has 0 atom stereocenters. The van der Waals surface area contributed by atoms with Crippen molar-refractivity contribution in [1.82, 2.24) is 0 Å². The molecule has 22 heavy (non-hydrogen) atoms. The molecule has 0 bridgehead atoms. The van der Waals surface area contributed by atoms with Crippen molar-refractivity contribution in [3.05, 3.63) is 71.8 Å². The van der Waals surface area contributed by atoms with Gasteiger partial charge in [-0.05, 0) is 35.9 Å². The summed E-state index contributed by atoms with van der Waals surface area (Å²) in [5.74, 6) is -0.548. The Morgan fingerprint density at radius 1 is 1.05 bits per heavy atom. The lowest BCUT2D eigenvalue weighted by molar-refractivity contribution is -0.114. The molecule has 2 aromatic rings. The summed E-state index contributed by atoms with van der Waals surface area (Å²) in [6, 6.07) is 16.4. The quantitative estimate of drug-likeness (QED) is 0.859. The van der Waals surface area contributed by atoms with E-state index in [1.165, 1.54) is 6.92 Å². The van der Waals surface area contributed by atoms with Crippen LogP contribution in [-0.2, 0) is 9.53 Å². The SMILES string of the molecule is CC(=O)Nc1ccc(C(=O)OC/C=C/c2ccccc2)cc1. The Bertz CT molecular complexity index is 660. The maximum atomic E-state index is 11.8. The van der Waals surface area contributed by atoms with E-state index in [4.69, 9.17) is 4.74 Å². The van der Waals surface area contributed by atoms with Gasteiger partial charge in [-0.3, -0.25) is 4.79 Å². The first kappa shape index (κ1) is 15.5. The monoisotopic (exact) mass is 295 g/mol. The van der Waals surface area contributed by atoms with Crippen LogP contribution in [0.2, 0.25) is 0 Å². The van der Waals surface area contributed by atoms with Crippen molar-refractivity contribution in [3.8, 4) is 0 Å². The normalized spacial score (nSPS) is 10.4. The molecule has 1 amide bonds. The molecule has 0 radical (unpaired) electrons. The predicted molar refractivity (Wildman–Crippen MR) is 86.5 cm³/mol. The second-order valence-corrected chi connectivity index (χ2v) is 4.67. The minimum Gasteiger partial charge on any atom is -0.458 e. The molecule has 0 aliphatic carbocycles. The largest absolute Gasteiger partial charge is 0.458 e. The second kappa shape index (κ2) is 7.78. The third kappa shape index (κ3) is 4.90. The molecule has 0 aliphatic rings. The average Bonchev–Trinajstić information content (AvgIpc) is 2.52. The Balaban J connectivity index is 1.84. The van der Waals surface area contributed by atoms with Crippen molar-refractivity contribution >= 4 is 23.6 Å². The molecule has 112 valence electrons. The number of amides is 1. The van der Waals surface area contributed by atoms with E-state index >= 15 is 0 Å². The molecule has 0 saturated heterocycles. The molecule has 4 heteroatoms. The van der Waals surface area contributed by atoms with Gasteiger partial charge in [-0.15, -0.1) is 0 Å². The number of carbonyl (C=O) groups is 2. The fraction of sp³-hybridized carbons (Fsp3) is 0.111. The smallest absolute Gasteiger partial charge is 0.338 e. The fourth-order valence-electron chi connectivity index (χ4n) is 1.85. The molecular formula is C18H17NO3. The maximum absolute atomic E-state index is 11.8. The van der Waals surface area contributed by atoms with Gasteiger partial charge in [0, 0.05) is 12.6 Å². The van der Waals surface area contributed by atoms with Gasteiger partial charge >= 0.3 is 5.97 Å². The van der Waals surface area contributed by atoms with Crippen molar-refractivity contribution in [3.63, 3.8) is 0 Å². The zero-order valence-corrected chi connectivity index (χ0v) is 12.3. The number of anilines is 1. The lowest BCUT2D eigenvalue weighted by atomic mass is 10.2. The first-order chi connectivity index (χ1) is 10.6. The minimum atomic E-state index is -0.396. The molecule has 2 rings (SSSR count). The number of carbonyl (C=O) groups excluding carboxylic acids is 2. The van der Waals surface area contributed by atoms with Gasteiger partial charge in [0.1, 0.15) is 6.61 Å². The van der Waals surface area contributed by atoms with Crippen LogP contribution in [-0.4, -0.2) is 18.5 Å². The van der Waals surface area contributed by atoms with Gasteiger partial charge in [-0.2, -0.15) is 0 Å². The Kier molecular flexibility index (Phi) is 5.49. The molecule has 0 aliphatic heterocycles. The highest BCUT2D eigenvalue weighted by Gasteiger charge is 2.06. The van der Waals surface area contributed by atoms with Crippen LogP contribution in [0.4, 0.5) is 5.69 Å².